The number of hydroxylamine groups is 1. The summed E-state index contributed by atoms with van der Waals surface area (Å²) in [4.78, 5) is 25.4. The minimum Gasteiger partial charge on any atom is -0.267 e. The van der Waals surface area contributed by atoms with Crippen molar-refractivity contribution in [1.29, 1.82) is 5.26 Å². The molecule has 2 aromatic heterocycles. The molecule has 0 aliphatic rings. The zero-order valence-corrected chi connectivity index (χ0v) is 17.1. The second kappa shape index (κ2) is 9.06. The van der Waals surface area contributed by atoms with Crippen molar-refractivity contribution in [1.82, 2.24) is 25.2 Å². The molecule has 2 unspecified atom stereocenters. The zero-order valence-electron chi connectivity index (χ0n) is 15.5. The Labute approximate surface area is 178 Å². The standard InChI is InChI=1S/C19H15BrF2N6O2/c1-12(16-25-11-28(26-16)15-8-7-13(9-23)10-24-15)19(20,18(21)22)30-27-17(29)14-5-3-2-4-6-14/h2-8,10-12,18H,1H3,(H,27,29). The number of halogens is 3. The van der Waals surface area contributed by atoms with Crippen molar-refractivity contribution >= 4 is 21.8 Å². The van der Waals surface area contributed by atoms with Crippen LogP contribution in [0.15, 0.2) is 55.0 Å². The molecule has 0 aliphatic carbocycles. The fraction of sp³-hybridized carbons (Fsp3) is 0.211. The summed E-state index contributed by atoms with van der Waals surface area (Å²) in [7, 11) is 0. The van der Waals surface area contributed by atoms with E-state index in [4.69, 9.17) is 10.1 Å². The van der Waals surface area contributed by atoms with Crippen LogP contribution in [-0.4, -0.2) is 36.6 Å². The lowest BCUT2D eigenvalue weighted by atomic mass is 10.0. The number of hydrogen-bond donors (Lipinski definition) is 1. The highest BCUT2D eigenvalue weighted by atomic mass is 79.9. The van der Waals surface area contributed by atoms with Gasteiger partial charge in [-0.2, -0.15) is 5.26 Å². The van der Waals surface area contributed by atoms with Gasteiger partial charge in [0.1, 0.15) is 12.4 Å². The molecular formula is C19H15BrF2N6O2. The molecule has 0 fully saturated rings. The molecule has 0 radical (unpaired) electrons. The first-order chi connectivity index (χ1) is 14.3. The van der Waals surface area contributed by atoms with Gasteiger partial charge in [-0.15, -0.1) is 5.10 Å². The summed E-state index contributed by atoms with van der Waals surface area (Å²) >= 11 is 2.91. The van der Waals surface area contributed by atoms with Gasteiger partial charge in [-0.05, 0) is 40.2 Å². The number of nitrogens with zero attached hydrogens (tertiary/aromatic N) is 5. The number of benzene rings is 1. The van der Waals surface area contributed by atoms with Gasteiger partial charge in [0.2, 0.25) is 4.51 Å². The van der Waals surface area contributed by atoms with Crippen LogP contribution in [0.5, 0.6) is 0 Å². The molecular weight excluding hydrogens is 462 g/mol. The number of carbonyl (C=O) groups is 1. The van der Waals surface area contributed by atoms with E-state index in [1.807, 2.05) is 6.07 Å². The first kappa shape index (κ1) is 21.5. The molecule has 3 rings (SSSR count). The second-order valence-corrected chi connectivity index (χ2v) is 7.42. The summed E-state index contributed by atoms with van der Waals surface area (Å²) in [5.41, 5.74) is 2.67. The highest BCUT2D eigenvalue weighted by molar-refractivity contribution is 9.10. The number of amides is 1. The molecule has 11 heteroatoms. The van der Waals surface area contributed by atoms with Gasteiger partial charge in [-0.25, -0.2) is 33.7 Å². The number of aromatic nitrogens is 4. The topological polar surface area (TPSA) is 106 Å². The molecule has 0 aliphatic heterocycles. The quantitative estimate of drug-likeness (QED) is 0.414. The Balaban J connectivity index is 1.77. The molecule has 0 saturated carbocycles. The van der Waals surface area contributed by atoms with E-state index in [9.17, 15) is 13.6 Å². The van der Waals surface area contributed by atoms with Crippen molar-refractivity contribution in [2.24, 2.45) is 0 Å². The Morgan fingerprint density at radius 3 is 2.60 bits per heavy atom. The van der Waals surface area contributed by atoms with E-state index in [-0.39, 0.29) is 11.4 Å². The Morgan fingerprint density at radius 2 is 2.00 bits per heavy atom. The minimum absolute atomic E-state index is 0.0345. The second-order valence-electron chi connectivity index (χ2n) is 6.18. The van der Waals surface area contributed by atoms with Crippen LogP contribution < -0.4 is 5.48 Å². The van der Waals surface area contributed by atoms with Gasteiger partial charge in [0.25, 0.3) is 12.3 Å². The molecule has 30 heavy (non-hydrogen) atoms. The lowest BCUT2D eigenvalue weighted by molar-refractivity contribution is -0.119. The van der Waals surface area contributed by atoms with Crippen molar-refractivity contribution in [3.63, 3.8) is 0 Å². The van der Waals surface area contributed by atoms with E-state index in [1.165, 1.54) is 36.3 Å². The maximum Gasteiger partial charge on any atom is 0.280 e. The Hall–Kier alpha value is -3.23. The van der Waals surface area contributed by atoms with Crippen LogP contribution in [0, 0.1) is 11.3 Å². The van der Waals surface area contributed by atoms with Gasteiger partial charge in [0.15, 0.2) is 11.6 Å². The normalized spacial score (nSPS) is 14.0. The van der Waals surface area contributed by atoms with Gasteiger partial charge >= 0.3 is 0 Å². The fourth-order valence-corrected chi connectivity index (χ4v) is 2.73. The maximum absolute atomic E-state index is 13.9. The van der Waals surface area contributed by atoms with E-state index < -0.39 is 22.8 Å². The molecule has 8 nitrogen and oxygen atoms in total. The smallest absolute Gasteiger partial charge is 0.267 e. The molecule has 2 atom stereocenters. The lowest BCUT2D eigenvalue weighted by Crippen LogP contribution is -2.45. The van der Waals surface area contributed by atoms with Gasteiger partial charge in [0, 0.05) is 11.8 Å². The van der Waals surface area contributed by atoms with Crippen molar-refractivity contribution in [3.8, 4) is 11.9 Å². The van der Waals surface area contributed by atoms with Crippen LogP contribution in [0.4, 0.5) is 8.78 Å². The zero-order chi connectivity index (χ0) is 21.7. The van der Waals surface area contributed by atoms with Gasteiger partial charge in [-0.3, -0.25) is 4.79 Å². The molecule has 0 bridgehead atoms. The highest BCUT2D eigenvalue weighted by Gasteiger charge is 2.48. The summed E-state index contributed by atoms with van der Waals surface area (Å²) in [6, 6.07) is 13.1. The lowest BCUT2D eigenvalue weighted by Gasteiger charge is -2.30. The van der Waals surface area contributed by atoms with Crippen molar-refractivity contribution in [2.75, 3.05) is 0 Å². The predicted octanol–water partition coefficient (Wildman–Crippen LogP) is 3.36. The van der Waals surface area contributed by atoms with Crippen LogP contribution >= 0.6 is 15.9 Å². The molecule has 154 valence electrons. The molecule has 1 amide bonds. The first-order valence-electron chi connectivity index (χ1n) is 8.63. The Morgan fingerprint density at radius 1 is 1.27 bits per heavy atom. The SMILES string of the molecule is CC(c1ncn(-c2ccc(C#N)cn2)n1)C(Br)(ONC(=O)c1ccccc1)C(F)F. The van der Waals surface area contributed by atoms with E-state index in [0.717, 1.165) is 0 Å². The number of rotatable bonds is 7. The maximum atomic E-state index is 13.9. The Bertz CT molecular complexity index is 1050. The Kier molecular flexibility index (Phi) is 6.49. The van der Waals surface area contributed by atoms with E-state index in [1.54, 1.807) is 30.3 Å². The highest BCUT2D eigenvalue weighted by Crippen LogP contribution is 2.40. The van der Waals surface area contributed by atoms with E-state index >= 15 is 0 Å². The third kappa shape index (κ3) is 4.50. The van der Waals surface area contributed by atoms with E-state index in [2.05, 4.69) is 36.5 Å². The van der Waals surface area contributed by atoms with Gasteiger partial charge in [-0.1, -0.05) is 25.1 Å². The van der Waals surface area contributed by atoms with Crippen molar-refractivity contribution in [3.05, 3.63) is 71.9 Å². The van der Waals surface area contributed by atoms with Crippen LogP contribution in [0.2, 0.25) is 0 Å². The number of alkyl halides is 3. The van der Waals surface area contributed by atoms with Gasteiger partial charge < -0.3 is 0 Å². The summed E-state index contributed by atoms with van der Waals surface area (Å²) in [5.74, 6) is -1.34. The number of hydrogen-bond acceptors (Lipinski definition) is 6. The molecule has 0 saturated heterocycles. The summed E-state index contributed by atoms with van der Waals surface area (Å²) in [5, 5.41) is 13.0. The molecule has 0 spiro atoms. The van der Waals surface area contributed by atoms with Crippen LogP contribution in [-0.2, 0) is 4.84 Å². The van der Waals surface area contributed by atoms with Crippen LogP contribution in [0.25, 0.3) is 5.82 Å². The summed E-state index contributed by atoms with van der Waals surface area (Å²) in [6.07, 6.45) is -0.360. The van der Waals surface area contributed by atoms with Crippen molar-refractivity contribution in [2.45, 2.75) is 23.8 Å². The number of nitriles is 1. The molecule has 1 aromatic carbocycles. The van der Waals surface area contributed by atoms with E-state index in [0.29, 0.717) is 11.4 Å². The molecule has 3 aromatic rings. The van der Waals surface area contributed by atoms with Gasteiger partial charge in [0.05, 0.1) is 11.5 Å². The number of nitrogens with one attached hydrogen (secondary N) is 1. The average molecular weight is 477 g/mol. The molecule has 1 N–H and O–H groups in total. The number of carbonyl (C=O) groups excluding carboxylic acids is 1. The number of pyridine rings is 1. The first-order valence-corrected chi connectivity index (χ1v) is 9.43. The third-order valence-electron chi connectivity index (χ3n) is 4.23. The minimum atomic E-state index is -3.02. The van der Waals surface area contributed by atoms with Crippen LogP contribution in [0.3, 0.4) is 0 Å². The summed E-state index contributed by atoms with van der Waals surface area (Å²) < 4.78 is 26.7. The van der Waals surface area contributed by atoms with Crippen LogP contribution in [0.1, 0.15) is 34.6 Å². The van der Waals surface area contributed by atoms with Crippen molar-refractivity contribution < 1.29 is 18.4 Å². The largest absolute Gasteiger partial charge is 0.280 e. The molecule has 2 heterocycles. The monoisotopic (exact) mass is 476 g/mol. The third-order valence-corrected chi connectivity index (χ3v) is 5.43. The fourth-order valence-electron chi connectivity index (χ4n) is 2.44. The average Bonchev–Trinajstić information content (AvgIpc) is 3.27. The predicted molar refractivity (Wildman–Crippen MR) is 105 cm³/mol. The summed E-state index contributed by atoms with van der Waals surface area (Å²) in [6.45, 7) is 1.43.